The molecule has 0 aromatic heterocycles. The molecule has 2 aliphatic rings. The molecule has 84 valence electrons. The quantitative estimate of drug-likeness (QED) is 0.489. The average molecular weight is 208 g/mol. The highest BCUT2D eigenvalue weighted by Gasteiger charge is 2.54. The summed E-state index contributed by atoms with van der Waals surface area (Å²) < 4.78 is 5.39. The number of ether oxygens (including phenoxy) is 1. The van der Waals surface area contributed by atoms with E-state index >= 15 is 0 Å². The summed E-state index contributed by atoms with van der Waals surface area (Å²) in [5.41, 5.74) is 1.81. The van der Waals surface area contributed by atoms with Gasteiger partial charge in [-0.05, 0) is 31.1 Å². The van der Waals surface area contributed by atoms with E-state index in [1.807, 2.05) is 0 Å². The lowest BCUT2D eigenvalue weighted by Crippen LogP contribution is -2.32. The first kappa shape index (κ1) is 10.7. The molecule has 2 nitrogen and oxygen atoms in total. The van der Waals surface area contributed by atoms with Crippen molar-refractivity contribution in [3.05, 3.63) is 11.6 Å². The molecule has 0 aromatic rings. The molecule has 0 spiro atoms. The van der Waals surface area contributed by atoms with Crippen molar-refractivity contribution >= 4 is 5.97 Å². The minimum Gasteiger partial charge on any atom is -0.462 e. The Bertz CT molecular complexity index is 314. The lowest BCUT2D eigenvalue weighted by atomic mass is 9.72. The van der Waals surface area contributed by atoms with Gasteiger partial charge in [-0.1, -0.05) is 25.5 Å². The highest BCUT2D eigenvalue weighted by molar-refractivity contribution is 5.66. The Morgan fingerprint density at radius 1 is 1.47 bits per heavy atom. The molecule has 2 bridgehead atoms. The standard InChI is InChI=1S/C13H20O2/c1-5-11-10-6-9(13(11,3)4)7-12(10)15-8(2)14/h5,9-10,12H,6-7H2,1-4H3/b11-5+/t9-,10-,12+/m0/s1. The summed E-state index contributed by atoms with van der Waals surface area (Å²) in [5, 5.41) is 0. The molecule has 2 fully saturated rings. The van der Waals surface area contributed by atoms with E-state index in [2.05, 4.69) is 26.8 Å². The normalized spacial score (nSPS) is 39.7. The molecule has 2 aliphatic carbocycles. The number of hydrogen-bond donors (Lipinski definition) is 0. The number of allylic oxidation sites excluding steroid dienone is 1. The van der Waals surface area contributed by atoms with Gasteiger partial charge in [0.15, 0.2) is 0 Å². The zero-order chi connectivity index (χ0) is 11.2. The van der Waals surface area contributed by atoms with E-state index in [0.717, 1.165) is 6.42 Å². The second kappa shape index (κ2) is 3.36. The second-order valence-electron chi connectivity index (χ2n) is 5.39. The molecule has 0 unspecified atom stereocenters. The molecule has 0 aromatic carbocycles. The van der Waals surface area contributed by atoms with E-state index in [1.54, 1.807) is 0 Å². The molecule has 2 heteroatoms. The first-order valence-corrected chi connectivity index (χ1v) is 5.80. The van der Waals surface area contributed by atoms with Crippen LogP contribution in [0.25, 0.3) is 0 Å². The molecule has 0 N–H and O–H groups in total. The fraction of sp³-hybridized carbons (Fsp3) is 0.769. The smallest absolute Gasteiger partial charge is 0.302 e. The lowest BCUT2D eigenvalue weighted by molar-refractivity contribution is -0.148. The average Bonchev–Trinajstić information content (AvgIpc) is 2.58. The molecule has 0 aliphatic heterocycles. The molecule has 0 radical (unpaired) electrons. The largest absolute Gasteiger partial charge is 0.462 e. The maximum absolute atomic E-state index is 11.0. The van der Waals surface area contributed by atoms with Crippen molar-refractivity contribution in [3.8, 4) is 0 Å². The third-order valence-corrected chi connectivity index (χ3v) is 4.30. The van der Waals surface area contributed by atoms with Gasteiger partial charge in [0.2, 0.25) is 0 Å². The Balaban J connectivity index is 2.19. The Morgan fingerprint density at radius 2 is 2.13 bits per heavy atom. The first-order valence-electron chi connectivity index (χ1n) is 5.80. The van der Waals surface area contributed by atoms with Crippen LogP contribution in [-0.2, 0) is 9.53 Å². The zero-order valence-electron chi connectivity index (χ0n) is 10.0. The molecule has 0 saturated heterocycles. The van der Waals surface area contributed by atoms with Gasteiger partial charge in [-0.15, -0.1) is 0 Å². The number of carbonyl (C=O) groups excluding carboxylic acids is 1. The molecule has 0 heterocycles. The van der Waals surface area contributed by atoms with Crippen LogP contribution >= 0.6 is 0 Å². The third-order valence-electron chi connectivity index (χ3n) is 4.30. The van der Waals surface area contributed by atoms with E-state index < -0.39 is 0 Å². The van der Waals surface area contributed by atoms with Crippen LogP contribution in [0.1, 0.15) is 40.5 Å². The van der Waals surface area contributed by atoms with E-state index in [9.17, 15) is 4.79 Å². The van der Waals surface area contributed by atoms with Crippen molar-refractivity contribution in [2.75, 3.05) is 0 Å². The Hall–Kier alpha value is -0.790. The first-order chi connectivity index (χ1) is 6.96. The second-order valence-corrected chi connectivity index (χ2v) is 5.39. The summed E-state index contributed by atoms with van der Waals surface area (Å²) in [6, 6.07) is 0. The van der Waals surface area contributed by atoms with Gasteiger partial charge >= 0.3 is 5.97 Å². The van der Waals surface area contributed by atoms with Crippen LogP contribution in [0, 0.1) is 17.3 Å². The maximum Gasteiger partial charge on any atom is 0.302 e. The van der Waals surface area contributed by atoms with Crippen molar-refractivity contribution in [2.24, 2.45) is 17.3 Å². The predicted molar refractivity (Wildman–Crippen MR) is 59.3 cm³/mol. The minimum absolute atomic E-state index is 0.138. The highest BCUT2D eigenvalue weighted by Crippen LogP contribution is 2.59. The minimum atomic E-state index is -0.138. The molecule has 2 saturated carbocycles. The van der Waals surface area contributed by atoms with E-state index in [4.69, 9.17) is 4.74 Å². The molecule has 3 atom stereocenters. The van der Waals surface area contributed by atoms with Crippen molar-refractivity contribution in [3.63, 3.8) is 0 Å². The van der Waals surface area contributed by atoms with Gasteiger partial charge in [-0.2, -0.15) is 0 Å². The van der Waals surface area contributed by atoms with E-state index in [0.29, 0.717) is 17.3 Å². The van der Waals surface area contributed by atoms with Crippen LogP contribution in [0.4, 0.5) is 0 Å². The molecule has 0 amide bonds. The SMILES string of the molecule is C/C=C1\[C@@H]2C[C@@H](C[C@H]2OC(C)=O)C1(C)C. The van der Waals surface area contributed by atoms with Gasteiger partial charge in [-0.25, -0.2) is 0 Å². The molecular weight excluding hydrogens is 188 g/mol. The summed E-state index contributed by atoms with van der Waals surface area (Å²) in [4.78, 5) is 11.0. The van der Waals surface area contributed by atoms with Gasteiger partial charge in [0, 0.05) is 12.8 Å². The molecule has 2 rings (SSSR count). The summed E-state index contributed by atoms with van der Waals surface area (Å²) in [5.74, 6) is 1.04. The van der Waals surface area contributed by atoms with Crippen molar-refractivity contribution in [1.82, 2.24) is 0 Å². The van der Waals surface area contributed by atoms with Gasteiger partial charge in [0.1, 0.15) is 6.10 Å². The van der Waals surface area contributed by atoms with Crippen LogP contribution in [0.2, 0.25) is 0 Å². The Morgan fingerprint density at radius 3 is 2.60 bits per heavy atom. The fourth-order valence-corrected chi connectivity index (χ4v) is 3.56. The Labute approximate surface area is 91.7 Å². The fourth-order valence-electron chi connectivity index (χ4n) is 3.56. The van der Waals surface area contributed by atoms with Crippen LogP contribution in [-0.4, -0.2) is 12.1 Å². The van der Waals surface area contributed by atoms with E-state index in [-0.39, 0.29) is 12.1 Å². The monoisotopic (exact) mass is 208 g/mol. The van der Waals surface area contributed by atoms with Crippen LogP contribution in [0.3, 0.4) is 0 Å². The number of rotatable bonds is 1. The van der Waals surface area contributed by atoms with Gasteiger partial charge in [-0.3, -0.25) is 4.79 Å². The Kier molecular flexibility index (Phi) is 2.40. The summed E-state index contributed by atoms with van der Waals surface area (Å²) in [6.07, 6.45) is 4.62. The van der Waals surface area contributed by atoms with Crippen molar-refractivity contribution in [1.29, 1.82) is 0 Å². The van der Waals surface area contributed by atoms with E-state index in [1.165, 1.54) is 18.9 Å². The zero-order valence-corrected chi connectivity index (χ0v) is 10.0. The van der Waals surface area contributed by atoms with Gasteiger partial charge in [0.25, 0.3) is 0 Å². The lowest BCUT2D eigenvalue weighted by Gasteiger charge is -2.36. The number of esters is 1. The van der Waals surface area contributed by atoms with Gasteiger partial charge in [0.05, 0.1) is 0 Å². The number of fused-ring (bicyclic) bond motifs is 2. The highest BCUT2D eigenvalue weighted by atomic mass is 16.5. The van der Waals surface area contributed by atoms with Crippen LogP contribution in [0.5, 0.6) is 0 Å². The molecular formula is C13H20O2. The third kappa shape index (κ3) is 1.51. The molecule has 15 heavy (non-hydrogen) atoms. The van der Waals surface area contributed by atoms with Crippen LogP contribution in [0.15, 0.2) is 11.6 Å². The van der Waals surface area contributed by atoms with Crippen molar-refractivity contribution in [2.45, 2.75) is 46.6 Å². The summed E-state index contributed by atoms with van der Waals surface area (Å²) in [7, 11) is 0. The topological polar surface area (TPSA) is 26.3 Å². The van der Waals surface area contributed by atoms with Gasteiger partial charge < -0.3 is 4.74 Å². The number of hydrogen-bond acceptors (Lipinski definition) is 2. The summed E-state index contributed by atoms with van der Waals surface area (Å²) >= 11 is 0. The predicted octanol–water partition coefficient (Wildman–Crippen LogP) is 2.93. The van der Waals surface area contributed by atoms with Crippen LogP contribution < -0.4 is 0 Å². The summed E-state index contributed by atoms with van der Waals surface area (Å²) in [6.45, 7) is 8.24. The van der Waals surface area contributed by atoms with Crippen molar-refractivity contribution < 1.29 is 9.53 Å². The maximum atomic E-state index is 11.0. The number of carbonyl (C=O) groups is 1.